The number of aryl methyl sites for hydroxylation is 1. The lowest BCUT2D eigenvalue weighted by molar-refractivity contribution is -0.124. The highest BCUT2D eigenvalue weighted by Crippen LogP contribution is 2.19. The summed E-state index contributed by atoms with van der Waals surface area (Å²) in [5.74, 6) is -0.0622. The zero-order chi connectivity index (χ0) is 9.26. The SMILES string of the molecule is Cc1nnc(OC2CCNC2=O)s1. The molecule has 0 aromatic carbocycles. The number of hydrogen-bond acceptors (Lipinski definition) is 5. The van der Waals surface area contributed by atoms with E-state index in [0.29, 0.717) is 18.2 Å². The molecule has 5 nitrogen and oxygen atoms in total. The third kappa shape index (κ3) is 1.77. The normalized spacial score (nSPS) is 21.6. The fourth-order valence-electron chi connectivity index (χ4n) is 1.13. The predicted octanol–water partition coefficient (Wildman–Crippen LogP) is 0.114. The van der Waals surface area contributed by atoms with E-state index in [4.69, 9.17) is 4.74 Å². The lowest BCUT2D eigenvalue weighted by atomic mass is 10.3. The van der Waals surface area contributed by atoms with Crippen LogP contribution in [0.5, 0.6) is 5.19 Å². The molecule has 1 atom stereocenters. The number of rotatable bonds is 2. The van der Waals surface area contributed by atoms with Gasteiger partial charge in [0, 0.05) is 13.0 Å². The first-order valence-corrected chi connectivity index (χ1v) is 4.82. The molecule has 70 valence electrons. The Labute approximate surface area is 79.1 Å². The second-order valence-electron chi connectivity index (χ2n) is 2.77. The van der Waals surface area contributed by atoms with Crippen molar-refractivity contribution in [3.63, 3.8) is 0 Å². The number of carbonyl (C=O) groups is 1. The molecule has 1 aromatic heterocycles. The summed E-state index contributed by atoms with van der Waals surface area (Å²) >= 11 is 1.35. The number of ether oxygens (including phenoxy) is 1. The fourth-order valence-corrected chi connectivity index (χ4v) is 1.71. The summed E-state index contributed by atoms with van der Waals surface area (Å²) in [6, 6.07) is 0. The fraction of sp³-hybridized carbons (Fsp3) is 0.571. The molecule has 1 aliphatic rings. The van der Waals surface area contributed by atoms with Gasteiger partial charge in [-0.05, 0) is 6.92 Å². The maximum Gasteiger partial charge on any atom is 0.294 e. The molecule has 6 heteroatoms. The van der Waals surface area contributed by atoms with Crippen LogP contribution in [0.4, 0.5) is 0 Å². The summed E-state index contributed by atoms with van der Waals surface area (Å²) in [5, 5.41) is 11.6. The van der Waals surface area contributed by atoms with Crippen LogP contribution in [0.2, 0.25) is 0 Å². The van der Waals surface area contributed by atoms with Crippen molar-refractivity contribution in [2.24, 2.45) is 0 Å². The molecular formula is C7H9N3O2S. The molecule has 0 aliphatic carbocycles. The van der Waals surface area contributed by atoms with E-state index in [9.17, 15) is 4.79 Å². The lowest BCUT2D eigenvalue weighted by Gasteiger charge is -2.05. The van der Waals surface area contributed by atoms with Gasteiger partial charge >= 0.3 is 0 Å². The van der Waals surface area contributed by atoms with Gasteiger partial charge in [-0.3, -0.25) is 4.79 Å². The second-order valence-corrected chi connectivity index (χ2v) is 3.92. The molecule has 2 heterocycles. The largest absolute Gasteiger partial charge is 0.455 e. The van der Waals surface area contributed by atoms with Gasteiger partial charge in [-0.15, -0.1) is 10.2 Å². The molecule has 1 fully saturated rings. The van der Waals surface area contributed by atoms with Gasteiger partial charge in [0.25, 0.3) is 11.1 Å². The average molecular weight is 199 g/mol. The first-order chi connectivity index (χ1) is 6.25. The first-order valence-electron chi connectivity index (χ1n) is 4.00. The highest BCUT2D eigenvalue weighted by atomic mass is 32.1. The summed E-state index contributed by atoms with van der Waals surface area (Å²) < 4.78 is 5.34. The van der Waals surface area contributed by atoms with Crippen molar-refractivity contribution in [1.82, 2.24) is 15.5 Å². The average Bonchev–Trinajstić information content (AvgIpc) is 2.64. The monoisotopic (exact) mass is 199 g/mol. The highest BCUT2D eigenvalue weighted by Gasteiger charge is 2.26. The third-order valence-corrected chi connectivity index (χ3v) is 2.48. The van der Waals surface area contributed by atoms with Gasteiger partial charge in [-0.25, -0.2) is 0 Å². The molecule has 0 bridgehead atoms. The molecule has 1 aromatic rings. The molecule has 0 spiro atoms. The predicted molar refractivity (Wildman–Crippen MR) is 46.7 cm³/mol. The zero-order valence-electron chi connectivity index (χ0n) is 7.11. The minimum Gasteiger partial charge on any atom is -0.455 e. The summed E-state index contributed by atoms with van der Waals surface area (Å²) in [5.41, 5.74) is 0. The van der Waals surface area contributed by atoms with Crippen LogP contribution < -0.4 is 10.1 Å². The molecule has 1 unspecified atom stereocenters. The Morgan fingerprint density at radius 3 is 3.00 bits per heavy atom. The maximum absolute atomic E-state index is 11.1. The summed E-state index contributed by atoms with van der Waals surface area (Å²) in [6.07, 6.45) is 0.324. The zero-order valence-corrected chi connectivity index (χ0v) is 7.93. The molecule has 1 saturated heterocycles. The van der Waals surface area contributed by atoms with Crippen LogP contribution in [0.25, 0.3) is 0 Å². The Hall–Kier alpha value is -1.17. The van der Waals surface area contributed by atoms with Gasteiger partial charge in [0.1, 0.15) is 5.01 Å². The second kappa shape index (κ2) is 3.29. The van der Waals surface area contributed by atoms with Crippen molar-refractivity contribution in [3.8, 4) is 5.19 Å². The van der Waals surface area contributed by atoms with Crippen molar-refractivity contribution in [1.29, 1.82) is 0 Å². The van der Waals surface area contributed by atoms with E-state index in [1.807, 2.05) is 6.92 Å². The molecular weight excluding hydrogens is 190 g/mol. The summed E-state index contributed by atoms with van der Waals surface area (Å²) in [4.78, 5) is 11.1. The van der Waals surface area contributed by atoms with Crippen molar-refractivity contribution in [3.05, 3.63) is 5.01 Å². The molecule has 1 N–H and O–H groups in total. The number of hydrogen-bond donors (Lipinski definition) is 1. The third-order valence-electron chi connectivity index (χ3n) is 1.75. The Bertz CT molecular complexity index is 325. The van der Waals surface area contributed by atoms with E-state index in [2.05, 4.69) is 15.5 Å². The van der Waals surface area contributed by atoms with Gasteiger partial charge in [0.2, 0.25) is 0 Å². The van der Waals surface area contributed by atoms with E-state index in [-0.39, 0.29) is 12.0 Å². The number of nitrogens with zero attached hydrogens (tertiary/aromatic N) is 2. The summed E-state index contributed by atoms with van der Waals surface area (Å²) in [7, 11) is 0. The number of nitrogens with one attached hydrogen (secondary N) is 1. The van der Waals surface area contributed by atoms with Crippen molar-refractivity contribution in [2.75, 3.05) is 6.54 Å². The molecule has 0 saturated carbocycles. The quantitative estimate of drug-likeness (QED) is 0.734. The highest BCUT2D eigenvalue weighted by molar-refractivity contribution is 7.12. The number of carbonyl (C=O) groups excluding carboxylic acids is 1. The van der Waals surface area contributed by atoms with Crippen LogP contribution in [0.15, 0.2) is 0 Å². The van der Waals surface area contributed by atoms with E-state index in [1.54, 1.807) is 0 Å². The van der Waals surface area contributed by atoms with Crippen LogP contribution in [0, 0.1) is 6.92 Å². The van der Waals surface area contributed by atoms with Gasteiger partial charge in [-0.2, -0.15) is 0 Å². The van der Waals surface area contributed by atoms with E-state index in [0.717, 1.165) is 5.01 Å². The maximum atomic E-state index is 11.1. The number of aromatic nitrogens is 2. The van der Waals surface area contributed by atoms with Crippen LogP contribution >= 0.6 is 11.3 Å². The van der Waals surface area contributed by atoms with E-state index < -0.39 is 0 Å². The van der Waals surface area contributed by atoms with E-state index in [1.165, 1.54) is 11.3 Å². The van der Waals surface area contributed by atoms with E-state index >= 15 is 0 Å². The minimum atomic E-state index is -0.382. The Kier molecular flexibility index (Phi) is 2.13. The summed E-state index contributed by atoms with van der Waals surface area (Å²) in [6.45, 7) is 2.53. The minimum absolute atomic E-state index is 0.0622. The Morgan fingerprint density at radius 2 is 2.46 bits per heavy atom. The Balaban J connectivity index is 2.01. The number of amides is 1. The molecule has 2 rings (SSSR count). The lowest BCUT2D eigenvalue weighted by Crippen LogP contribution is -2.27. The van der Waals surface area contributed by atoms with Gasteiger partial charge in [0.05, 0.1) is 0 Å². The van der Waals surface area contributed by atoms with Crippen LogP contribution in [-0.2, 0) is 4.79 Å². The first kappa shape index (κ1) is 8.43. The van der Waals surface area contributed by atoms with Crippen LogP contribution in [0.1, 0.15) is 11.4 Å². The van der Waals surface area contributed by atoms with Gasteiger partial charge in [0.15, 0.2) is 6.10 Å². The molecule has 1 aliphatic heterocycles. The van der Waals surface area contributed by atoms with Crippen molar-refractivity contribution >= 4 is 17.2 Å². The van der Waals surface area contributed by atoms with Crippen molar-refractivity contribution < 1.29 is 9.53 Å². The smallest absolute Gasteiger partial charge is 0.294 e. The molecule has 13 heavy (non-hydrogen) atoms. The topological polar surface area (TPSA) is 64.1 Å². The van der Waals surface area contributed by atoms with Gasteiger partial charge < -0.3 is 10.1 Å². The van der Waals surface area contributed by atoms with Gasteiger partial charge in [-0.1, -0.05) is 11.3 Å². The molecule has 1 amide bonds. The van der Waals surface area contributed by atoms with Crippen LogP contribution in [0.3, 0.4) is 0 Å². The standard InChI is InChI=1S/C7H9N3O2S/c1-4-9-10-7(13-4)12-5-2-3-8-6(5)11/h5H,2-3H2,1H3,(H,8,11). The Morgan fingerprint density at radius 1 is 1.62 bits per heavy atom. The van der Waals surface area contributed by atoms with Crippen LogP contribution in [-0.4, -0.2) is 28.8 Å². The molecule has 0 radical (unpaired) electrons. The van der Waals surface area contributed by atoms with Crippen molar-refractivity contribution in [2.45, 2.75) is 19.4 Å².